The van der Waals surface area contributed by atoms with Gasteiger partial charge >= 0.3 is 0 Å². The fourth-order valence-electron chi connectivity index (χ4n) is 2.33. The molecule has 2 aromatic carbocycles. The van der Waals surface area contributed by atoms with Gasteiger partial charge in [0, 0.05) is 12.6 Å². The summed E-state index contributed by atoms with van der Waals surface area (Å²) in [6.07, 6.45) is 0.363. The SMILES string of the molecule is Cn1c(-c2cccc(F)c2)nc2cc(CC#N)ccc21. The van der Waals surface area contributed by atoms with Crippen LogP contribution in [-0.2, 0) is 13.5 Å². The van der Waals surface area contributed by atoms with Crippen molar-refractivity contribution in [2.24, 2.45) is 7.05 Å². The van der Waals surface area contributed by atoms with Gasteiger partial charge in [0.05, 0.1) is 23.5 Å². The molecule has 0 amide bonds. The first-order valence-electron chi connectivity index (χ1n) is 6.27. The molecule has 0 N–H and O–H groups in total. The molecule has 0 aliphatic rings. The van der Waals surface area contributed by atoms with Gasteiger partial charge in [-0.3, -0.25) is 0 Å². The van der Waals surface area contributed by atoms with E-state index in [1.165, 1.54) is 12.1 Å². The number of aromatic nitrogens is 2. The van der Waals surface area contributed by atoms with Crippen molar-refractivity contribution in [2.45, 2.75) is 6.42 Å². The third-order valence-electron chi connectivity index (χ3n) is 3.31. The van der Waals surface area contributed by atoms with Crippen LogP contribution in [0.3, 0.4) is 0 Å². The van der Waals surface area contributed by atoms with Crippen LogP contribution in [0.25, 0.3) is 22.4 Å². The lowest BCUT2D eigenvalue weighted by Crippen LogP contribution is -1.92. The third-order valence-corrected chi connectivity index (χ3v) is 3.31. The first-order chi connectivity index (χ1) is 9.69. The molecular weight excluding hydrogens is 253 g/mol. The third kappa shape index (κ3) is 2.04. The lowest BCUT2D eigenvalue weighted by molar-refractivity contribution is 0.628. The Balaban J connectivity index is 2.18. The van der Waals surface area contributed by atoms with E-state index in [4.69, 9.17) is 5.26 Å². The highest BCUT2D eigenvalue weighted by Crippen LogP contribution is 2.24. The van der Waals surface area contributed by atoms with Crippen molar-refractivity contribution in [1.29, 1.82) is 5.26 Å². The molecule has 0 saturated carbocycles. The maximum absolute atomic E-state index is 13.3. The first kappa shape index (κ1) is 12.4. The van der Waals surface area contributed by atoms with Crippen molar-refractivity contribution < 1.29 is 4.39 Å². The van der Waals surface area contributed by atoms with Crippen LogP contribution in [0.5, 0.6) is 0 Å². The Labute approximate surface area is 115 Å². The van der Waals surface area contributed by atoms with E-state index < -0.39 is 0 Å². The molecule has 20 heavy (non-hydrogen) atoms. The molecule has 0 fully saturated rings. The highest BCUT2D eigenvalue weighted by Gasteiger charge is 2.10. The number of hydrogen-bond donors (Lipinski definition) is 0. The zero-order valence-corrected chi connectivity index (χ0v) is 11.0. The van der Waals surface area contributed by atoms with E-state index >= 15 is 0 Å². The minimum atomic E-state index is -0.278. The van der Waals surface area contributed by atoms with Gasteiger partial charge in [-0.05, 0) is 29.8 Å². The van der Waals surface area contributed by atoms with Crippen LogP contribution < -0.4 is 0 Å². The molecule has 1 heterocycles. The van der Waals surface area contributed by atoms with Gasteiger partial charge in [0.25, 0.3) is 0 Å². The molecule has 0 aliphatic carbocycles. The van der Waals surface area contributed by atoms with Crippen molar-refractivity contribution in [1.82, 2.24) is 9.55 Å². The molecule has 0 spiro atoms. The Morgan fingerprint density at radius 1 is 1.25 bits per heavy atom. The zero-order valence-electron chi connectivity index (χ0n) is 11.0. The summed E-state index contributed by atoms with van der Waals surface area (Å²) in [6.45, 7) is 0. The molecular formula is C16H12FN3. The normalized spacial score (nSPS) is 10.7. The second-order valence-corrected chi connectivity index (χ2v) is 4.66. The molecule has 4 heteroatoms. The Morgan fingerprint density at radius 2 is 2.10 bits per heavy atom. The fraction of sp³-hybridized carbons (Fsp3) is 0.125. The largest absolute Gasteiger partial charge is 0.327 e. The standard InChI is InChI=1S/C16H12FN3/c1-20-15-6-5-11(7-8-18)9-14(15)19-16(20)12-3-2-4-13(17)10-12/h2-6,9-10H,7H2,1H3. The maximum atomic E-state index is 13.3. The predicted molar refractivity (Wildman–Crippen MR) is 75.4 cm³/mol. The molecule has 0 radical (unpaired) electrons. The second-order valence-electron chi connectivity index (χ2n) is 4.66. The van der Waals surface area contributed by atoms with Crippen LogP contribution in [0.15, 0.2) is 42.5 Å². The molecule has 0 bridgehead atoms. The summed E-state index contributed by atoms with van der Waals surface area (Å²) in [5.74, 6) is 0.438. The van der Waals surface area contributed by atoms with Crippen molar-refractivity contribution in [2.75, 3.05) is 0 Å². The summed E-state index contributed by atoms with van der Waals surface area (Å²) in [6, 6.07) is 14.3. The van der Waals surface area contributed by atoms with E-state index in [1.807, 2.05) is 35.9 Å². The van der Waals surface area contributed by atoms with Gasteiger partial charge in [0.2, 0.25) is 0 Å². The summed E-state index contributed by atoms with van der Waals surface area (Å²) in [5, 5.41) is 8.74. The number of rotatable bonds is 2. The van der Waals surface area contributed by atoms with Gasteiger partial charge in [0.1, 0.15) is 11.6 Å². The average molecular weight is 265 g/mol. The number of nitriles is 1. The van der Waals surface area contributed by atoms with E-state index in [0.29, 0.717) is 12.2 Å². The quantitative estimate of drug-likeness (QED) is 0.712. The van der Waals surface area contributed by atoms with Gasteiger partial charge in [-0.15, -0.1) is 0 Å². The van der Waals surface area contributed by atoms with E-state index in [-0.39, 0.29) is 5.82 Å². The van der Waals surface area contributed by atoms with Crippen LogP contribution >= 0.6 is 0 Å². The number of fused-ring (bicyclic) bond motifs is 1. The number of hydrogen-bond acceptors (Lipinski definition) is 2. The van der Waals surface area contributed by atoms with E-state index in [0.717, 1.165) is 22.2 Å². The second kappa shape index (κ2) is 4.78. The van der Waals surface area contributed by atoms with Crippen molar-refractivity contribution in [3.63, 3.8) is 0 Å². The van der Waals surface area contributed by atoms with Crippen LogP contribution in [-0.4, -0.2) is 9.55 Å². The van der Waals surface area contributed by atoms with Gasteiger partial charge < -0.3 is 4.57 Å². The molecule has 0 saturated heterocycles. The lowest BCUT2D eigenvalue weighted by atomic mass is 10.1. The van der Waals surface area contributed by atoms with Crippen molar-refractivity contribution in [3.05, 3.63) is 53.8 Å². The fourth-order valence-corrected chi connectivity index (χ4v) is 2.33. The van der Waals surface area contributed by atoms with Crippen LogP contribution in [0.1, 0.15) is 5.56 Å². The van der Waals surface area contributed by atoms with E-state index in [9.17, 15) is 4.39 Å². The van der Waals surface area contributed by atoms with Crippen molar-refractivity contribution in [3.8, 4) is 17.5 Å². The summed E-state index contributed by atoms with van der Waals surface area (Å²) >= 11 is 0. The predicted octanol–water partition coefficient (Wildman–Crippen LogP) is 3.45. The summed E-state index contributed by atoms with van der Waals surface area (Å²) in [5.41, 5.74) is 3.46. The molecule has 3 nitrogen and oxygen atoms in total. The Hall–Kier alpha value is -2.67. The summed E-state index contributed by atoms with van der Waals surface area (Å²) in [4.78, 5) is 4.55. The highest BCUT2D eigenvalue weighted by molar-refractivity contribution is 5.81. The van der Waals surface area contributed by atoms with Crippen LogP contribution in [0.2, 0.25) is 0 Å². The van der Waals surface area contributed by atoms with E-state index in [2.05, 4.69) is 11.1 Å². The van der Waals surface area contributed by atoms with Gasteiger partial charge in [0.15, 0.2) is 0 Å². The molecule has 3 rings (SSSR count). The molecule has 1 aromatic heterocycles. The van der Waals surface area contributed by atoms with Gasteiger partial charge in [-0.2, -0.15) is 5.26 Å². The van der Waals surface area contributed by atoms with Crippen LogP contribution in [0, 0.1) is 17.1 Å². The molecule has 98 valence electrons. The lowest BCUT2D eigenvalue weighted by Gasteiger charge is -2.02. The summed E-state index contributed by atoms with van der Waals surface area (Å²) in [7, 11) is 1.90. The number of benzene rings is 2. The van der Waals surface area contributed by atoms with Gasteiger partial charge in [-0.1, -0.05) is 18.2 Å². The molecule has 0 atom stereocenters. The maximum Gasteiger partial charge on any atom is 0.140 e. The number of nitrogens with zero attached hydrogens (tertiary/aromatic N) is 3. The Bertz CT molecular complexity index is 827. The minimum absolute atomic E-state index is 0.278. The molecule has 0 aliphatic heterocycles. The number of imidazole rings is 1. The van der Waals surface area contributed by atoms with Crippen molar-refractivity contribution >= 4 is 11.0 Å². The molecule has 3 aromatic rings. The summed E-state index contributed by atoms with van der Waals surface area (Å²) < 4.78 is 15.3. The zero-order chi connectivity index (χ0) is 14.1. The van der Waals surface area contributed by atoms with Gasteiger partial charge in [-0.25, -0.2) is 9.37 Å². The molecule has 0 unspecified atom stereocenters. The smallest absolute Gasteiger partial charge is 0.140 e. The first-order valence-corrected chi connectivity index (χ1v) is 6.27. The Morgan fingerprint density at radius 3 is 2.85 bits per heavy atom. The minimum Gasteiger partial charge on any atom is -0.327 e. The average Bonchev–Trinajstić information content (AvgIpc) is 2.76. The topological polar surface area (TPSA) is 41.6 Å². The Kier molecular flexibility index (Phi) is 2.96. The number of aryl methyl sites for hydroxylation is 1. The van der Waals surface area contributed by atoms with E-state index in [1.54, 1.807) is 6.07 Å². The highest BCUT2D eigenvalue weighted by atomic mass is 19.1. The number of halogens is 1. The van der Waals surface area contributed by atoms with Crippen LogP contribution in [0.4, 0.5) is 4.39 Å². The monoisotopic (exact) mass is 265 g/mol.